The Hall–Kier alpha value is -1.59. The Balaban J connectivity index is 1.66. The van der Waals surface area contributed by atoms with Crippen molar-refractivity contribution in [1.82, 2.24) is 4.90 Å². The highest BCUT2D eigenvalue weighted by molar-refractivity contribution is 5.82. The summed E-state index contributed by atoms with van der Waals surface area (Å²) in [5.74, 6) is 1.32. The van der Waals surface area contributed by atoms with Crippen LogP contribution in [0, 0.1) is 5.92 Å². The average Bonchev–Trinajstić information content (AvgIpc) is 3.35. The molecule has 5 nitrogen and oxygen atoms in total. The molecule has 1 aromatic carbocycles. The number of nitrogens with zero attached hydrogens (tertiary/aromatic N) is 1. The molecule has 1 aliphatic heterocycles. The second kappa shape index (κ2) is 6.49. The topological polar surface area (TPSA) is 64.8 Å². The summed E-state index contributed by atoms with van der Waals surface area (Å²) in [5.41, 5.74) is 7.20. The van der Waals surface area contributed by atoms with E-state index >= 15 is 0 Å². The molecular formula is C18H26N2O3. The molecule has 0 radical (unpaired) electrons. The quantitative estimate of drug-likeness (QED) is 0.903. The van der Waals surface area contributed by atoms with Gasteiger partial charge in [0.15, 0.2) is 6.10 Å². The molecule has 1 saturated heterocycles. The highest BCUT2D eigenvalue weighted by Crippen LogP contribution is 2.44. The van der Waals surface area contributed by atoms with E-state index in [1.54, 1.807) is 14.2 Å². The van der Waals surface area contributed by atoms with E-state index < -0.39 is 6.10 Å². The predicted octanol–water partition coefficient (Wildman–Crippen LogP) is 2.11. The Morgan fingerprint density at radius 2 is 2.00 bits per heavy atom. The first-order chi connectivity index (χ1) is 11.1. The van der Waals surface area contributed by atoms with Crippen LogP contribution in [0.25, 0.3) is 0 Å². The normalized spacial score (nSPS) is 21.8. The molecule has 0 aromatic heterocycles. The van der Waals surface area contributed by atoms with Crippen LogP contribution in [-0.4, -0.2) is 43.7 Å². The molecule has 1 aromatic rings. The summed E-state index contributed by atoms with van der Waals surface area (Å²) in [5, 5.41) is 0. The minimum Gasteiger partial charge on any atom is -0.497 e. The van der Waals surface area contributed by atoms with E-state index in [1.807, 2.05) is 29.2 Å². The summed E-state index contributed by atoms with van der Waals surface area (Å²) >= 11 is 0. The number of hydrogen-bond acceptors (Lipinski definition) is 4. The largest absolute Gasteiger partial charge is 0.497 e. The number of amides is 1. The molecule has 2 aliphatic rings. The first-order valence-electron chi connectivity index (χ1n) is 8.32. The van der Waals surface area contributed by atoms with Gasteiger partial charge in [-0.2, -0.15) is 0 Å². The number of ether oxygens (including phenoxy) is 2. The van der Waals surface area contributed by atoms with Gasteiger partial charge in [-0.15, -0.1) is 0 Å². The molecule has 0 spiro atoms. The van der Waals surface area contributed by atoms with Crippen LogP contribution in [0.5, 0.6) is 5.75 Å². The summed E-state index contributed by atoms with van der Waals surface area (Å²) < 4.78 is 10.7. The fourth-order valence-corrected chi connectivity index (χ4v) is 3.58. The van der Waals surface area contributed by atoms with Gasteiger partial charge in [0.05, 0.1) is 7.11 Å². The Morgan fingerprint density at radius 1 is 1.30 bits per heavy atom. The first kappa shape index (κ1) is 16.3. The van der Waals surface area contributed by atoms with Crippen LogP contribution in [0.3, 0.4) is 0 Å². The van der Waals surface area contributed by atoms with E-state index in [4.69, 9.17) is 15.2 Å². The molecule has 23 heavy (non-hydrogen) atoms. The molecule has 2 N–H and O–H groups in total. The van der Waals surface area contributed by atoms with Crippen molar-refractivity contribution in [1.29, 1.82) is 0 Å². The number of carbonyl (C=O) groups excluding carboxylic acids is 1. The van der Waals surface area contributed by atoms with Crippen molar-refractivity contribution >= 4 is 5.91 Å². The van der Waals surface area contributed by atoms with Crippen LogP contribution in [0.2, 0.25) is 0 Å². The molecule has 2 fully saturated rings. The van der Waals surface area contributed by atoms with Crippen molar-refractivity contribution in [3.8, 4) is 5.75 Å². The van der Waals surface area contributed by atoms with Gasteiger partial charge in [0, 0.05) is 25.7 Å². The summed E-state index contributed by atoms with van der Waals surface area (Å²) in [6, 6.07) is 7.51. The van der Waals surface area contributed by atoms with Crippen molar-refractivity contribution in [3.63, 3.8) is 0 Å². The Morgan fingerprint density at radius 3 is 2.57 bits per heavy atom. The van der Waals surface area contributed by atoms with E-state index in [0.29, 0.717) is 5.92 Å². The van der Waals surface area contributed by atoms with Gasteiger partial charge < -0.3 is 20.1 Å². The number of hydrogen-bond donors (Lipinski definition) is 1. The molecule has 5 heteroatoms. The molecule has 1 atom stereocenters. The third-order valence-corrected chi connectivity index (χ3v) is 5.30. The second-order valence-corrected chi connectivity index (χ2v) is 6.73. The molecular weight excluding hydrogens is 292 g/mol. The van der Waals surface area contributed by atoms with Gasteiger partial charge >= 0.3 is 0 Å². The maximum atomic E-state index is 12.8. The van der Waals surface area contributed by atoms with E-state index in [1.165, 1.54) is 0 Å². The van der Waals surface area contributed by atoms with Gasteiger partial charge in [-0.1, -0.05) is 12.1 Å². The minimum absolute atomic E-state index is 0.0288. The average molecular weight is 318 g/mol. The molecule has 3 rings (SSSR count). The van der Waals surface area contributed by atoms with Crippen LogP contribution in [-0.2, 0) is 9.53 Å². The zero-order valence-electron chi connectivity index (χ0n) is 14.0. The Labute approximate surface area is 137 Å². The number of piperidine rings is 1. The second-order valence-electron chi connectivity index (χ2n) is 6.73. The lowest BCUT2D eigenvalue weighted by molar-refractivity contribution is -0.144. The summed E-state index contributed by atoms with van der Waals surface area (Å²) in [6.45, 7) is 1.54. The predicted molar refractivity (Wildman–Crippen MR) is 88.2 cm³/mol. The maximum Gasteiger partial charge on any atom is 0.256 e. The third-order valence-electron chi connectivity index (χ3n) is 5.30. The highest BCUT2D eigenvalue weighted by Gasteiger charge is 2.46. The molecule has 126 valence electrons. The van der Waals surface area contributed by atoms with Gasteiger partial charge in [0.1, 0.15) is 5.75 Å². The van der Waals surface area contributed by atoms with Gasteiger partial charge in [-0.3, -0.25) is 4.79 Å². The summed E-state index contributed by atoms with van der Waals surface area (Å²) in [7, 11) is 3.20. The number of rotatable bonds is 5. The Bertz CT molecular complexity index is 563. The van der Waals surface area contributed by atoms with E-state index in [0.717, 1.165) is 50.1 Å². The van der Waals surface area contributed by atoms with Crippen molar-refractivity contribution < 1.29 is 14.3 Å². The smallest absolute Gasteiger partial charge is 0.256 e. The van der Waals surface area contributed by atoms with Crippen molar-refractivity contribution in [2.24, 2.45) is 11.7 Å². The zero-order valence-corrected chi connectivity index (χ0v) is 14.0. The molecule has 1 saturated carbocycles. The molecule has 0 bridgehead atoms. The molecule has 1 unspecified atom stereocenters. The molecule has 1 aliphatic carbocycles. The van der Waals surface area contributed by atoms with Gasteiger partial charge in [0.25, 0.3) is 5.91 Å². The lowest BCUT2D eigenvalue weighted by atomic mass is 9.87. The molecule has 1 amide bonds. The van der Waals surface area contributed by atoms with Crippen molar-refractivity contribution in [2.45, 2.75) is 37.3 Å². The maximum absolute atomic E-state index is 12.8. The zero-order chi connectivity index (χ0) is 16.4. The van der Waals surface area contributed by atoms with E-state index in [9.17, 15) is 4.79 Å². The van der Waals surface area contributed by atoms with Crippen LogP contribution < -0.4 is 10.5 Å². The summed E-state index contributed by atoms with van der Waals surface area (Å²) in [4.78, 5) is 14.7. The fourth-order valence-electron chi connectivity index (χ4n) is 3.58. The standard InChI is InChI=1S/C18H26N2O3/c1-22-15-5-3-4-13(12-15)16(23-2)17(21)20-10-6-14(7-11-20)18(19)8-9-18/h3-5,12,14,16H,6-11,19H2,1-2H3. The van der Waals surface area contributed by atoms with E-state index in [-0.39, 0.29) is 11.4 Å². The summed E-state index contributed by atoms with van der Waals surface area (Å²) in [6.07, 6.45) is 3.69. The number of carbonyl (C=O) groups is 1. The number of methoxy groups -OCH3 is 2. The molecule has 1 heterocycles. The van der Waals surface area contributed by atoms with E-state index in [2.05, 4.69) is 0 Å². The third kappa shape index (κ3) is 3.35. The van der Waals surface area contributed by atoms with Gasteiger partial charge in [0.2, 0.25) is 0 Å². The minimum atomic E-state index is -0.575. The SMILES string of the molecule is COc1cccc(C(OC)C(=O)N2CCC(C3(N)CC3)CC2)c1. The number of likely N-dealkylation sites (tertiary alicyclic amines) is 1. The van der Waals surface area contributed by atoms with Gasteiger partial charge in [-0.05, 0) is 49.3 Å². The van der Waals surface area contributed by atoms with Crippen molar-refractivity contribution in [3.05, 3.63) is 29.8 Å². The van der Waals surface area contributed by atoms with Crippen LogP contribution >= 0.6 is 0 Å². The van der Waals surface area contributed by atoms with Gasteiger partial charge in [-0.25, -0.2) is 0 Å². The van der Waals surface area contributed by atoms with Crippen LogP contribution in [0.15, 0.2) is 24.3 Å². The fraction of sp³-hybridized carbons (Fsp3) is 0.611. The lowest BCUT2D eigenvalue weighted by Crippen LogP contribution is -2.46. The van der Waals surface area contributed by atoms with Crippen LogP contribution in [0.4, 0.5) is 0 Å². The Kier molecular flexibility index (Phi) is 4.60. The monoisotopic (exact) mass is 318 g/mol. The number of nitrogens with two attached hydrogens (primary N) is 1. The van der Waals surface area contributed by atoms with Crippen molar-refractivity contribution in [2.75, 3.05) is 27.3 Å². The highest BCUT2D eigenvalue weighted by atomic mass is 16.5. The van der Waals surface area contributed by atoms with Crippen LogP contribution in [0.1, 0.15) is 37.4 Å². The number of benzene rings is 1. The lowest BCUT2D eigenvalue weighted by Gasteiger charge is -2.36. The first-order valence-corrected chi connectivity index (χ1v) is 8.32.